The molecule has 0 saturated heterocycles. The predicted octanol–water partition coefficient (Wildman–Crippen LogP) is 1.20. The van der Waals surface area contributed by atoms with Crippen LogP contribution in [-0.2, 0) is 13.1 Å². The first kappa shape index (κ1) is 14.5. The van der Waals surface area contributed by atoms with Gasteiger partial charge in [0.15, 0.2) is 0 Å². The molecular formula is C13H23N3O2. The SMILES string of the molecule is CCN(CC)c1c(C)n(CC)c(=O)n(CC)c1=O. The van der Waals surface area contributed by atoms with E-state index in [1.54, 1.807) is 4.57 Å². The maximum Gasteiger partial charge on any atom is 0.331 e. The second kappa shape index (κ2) is 5.89. The Labute approximate surface area is 108 Å². The van der Waals surface area contributed by atoms with Gasteiger partial charge in [0.25, 0.3) is 5.56 Å². The largest absolute Gasteiger partial charge is 0.366 e. The summed E-state index contributed by atoms with van der Waals surface area (Å²) in [4.78, 5) is 26.5. The molecule has 0 bridgehead atoms. The average molecular weight is 253 g/mol. The lowest BCUT2D eigenvalue weighted by Crippen LogP contribution is -2.44. The van der Waals surface area contributed by atoms with E-state index in [9.17, 15) is 9.59 Å². The summed E-state index contributed by atoms with van der Waals surface area (Å²) in [6, 6.07) is 0. The van der Waals surface area contributed by atoms with E-state index in [2.05, 4.69) is 0 Å². The number of hydrogen-bond acceptors (Lipinski definition) is 3. The molecule has 0 N–H and O–H groups in total. The Morgan fingerprint density at radius 1 is 0.944 bits per heavy atom. The van der Waals surface area contributed by atoms with E-state index < -0.39 is 0 Å². The van der Waals surface area contributed by atoms with Crippen LogP contribution < -0.4 is 16.1 Å². The fourth-order valence-electron chi connectivity index (χ4n) is 2.34. The summed E-state index contributed by atoms with van der Waals surface area (Å²) in [5, 5.41) is 0. The van der Waals surface area contributed by atoms with Gasteiger partial charge in [0.1, 0.15) is 5.69 Å². The van der Waals surface area contributed by atoms with Crippen molar-refractivity contribution in [3.8, 4) is 0 Å². The second-order valence-electron chi connectivity index (χ2n) is 4.18. The van der Waals surface area contributed by atoms with Gasteiger partial charge >= 0.3 is 5.69 Å². The van der Waals surface area contributed by atoms with Gasteiger partial charge in [-0.2, -0.15) is 0 Å². The Kier molecular flexibility index (Phi) is 4.76. The molecule has 0 spiro atoms. The Morgan fingerprint density at radius 2 is 1.44 bits per heavy atom. The summed E-state index contributed by atoms with van der Waals surface area (Å²) in [7, 11) is 0. The summed E-state index contributed by atoms with van der Waals surface area (Å²) >= 11 is 0. The van der Waals surface area contributed by atoms with Crippen LogP contribution in [0.2, 0.25) is 0 Å². The van der Waals surface area contributed by atoms with Gasteiger partial charge in [0.2, 0.25) is 0 Å². The van der Waals surface area contributed by atoms with Gasteiger partial charge < -0.3 is 4.90 Å². The van der Waals surface area contributed by atoms with Crippen molar-refractivity contribution < 1.29 is 0 Å². The van der Waals surface area contributed by atoms with E-state index >= 15 is 0 Å². The van der Waals surface area contributed by atoms with Crippen LogP contribution in [0.25, 0.3) is 0 Å². The van der Waals surface area contributed by atoms with E-state index in [0.717, 1.165) is 18.8 Å². The fourth-order valence-corrected chi connectivity index (χ4v) is 2.34. The summed E-state index contributed by atoms with van der Waals surface area (Å²) in [5.74, 6) is 0. The third-order valence-corrected chi connectivity index (χ3v) is 3.37. The molecule has 18 heavy (non-hydrogen) atoms. The van der Waals surface area contributed by atoms with Crippen molar-refractivity contribution in [2.24, 2.45) is 0 Å². The summed E-state index contributed by atoms with van der Waals surface area (Å²) in [6.07, 6.45) is 0. The molecular weight excluding hydrogens is 230 g/mol. The lowest BCUT2D eigenvalue weighted by atomic mass is 10.3. The van der Waals surface area contributed by atoms with Crippen LogP contribution in [0, 0.1) is 6.92 Å². The monoisotopic (exact) mass is 253 g/mol. The zero-order valence-electron chi connectivity index (χ0n) is 12.0. The molecule has 0 aliphatic carbocycles. The van der Waals surface area contributed by atoms with Crippen molar-refractivity contribution in [3.05, 3.63) is 26.5 Å². The highest BCUT2D eigenvalue weighted by Gasteiger charge is 2.18. The van der Waals surface area contributed by atoms with Gasteiger partial charge in [0, 0.05) is 31.9 Å². The first-order chi connectivity index (χ1) is 8.53. The number of hydrogen-bond donors (Lipinski definition) is 0. The standard InChI is InChI=1S/C13H23N3O2/c1-6-14(7-2)11-10(5)15(8-3)13(18)16(9-4)12(11)17/h6-9H2,1-5H3. The van der Waals surface area contributed by atoms with Crippen molar-refractivity contribution >= 4 is 5.69 Å². The van der Waals surface area contributed by atoms with Crippen molar-refractivity contribution in [2.45, 2.75) is 47.7 Å². The van der Waals surface area contributed by atoms with Crippen LogP contribution in [-0.4, -0.2) is 22.2 Å². The Hall–Kier alpha value is -1.52. The minimum atomic E-state index is -0.210. The molecule has 0 radical (unpaired) electrons. The van der Waals surface area contributed by atoms with Crippen molar-refractivity contribution in [1.82, 2.24) is 9.13 Å². The minimum absolute atomic E-state index is 0.173. The van der Waals surface area contributed by atoms with Crippen LogP contribution in [0.1, 0.15) is 33.4 Å². The fraction of sp³-hybridized carbons (Fsp3) is 0.692. The number of anilines is 1. The predicted molar refractivity (Wildman–Crippen MR) is 74.6 cm³/mol. The van der Waals surface area contributed by atoms with E-state index in [-0.39, 0.29) is 11.2 Å². The maximum atomic E-state index is 12.4. The Morgan fingerprint density at radius 3 is 1.83 bits per heavy atom. The molecule has 0 amide bonds. The van der Waals surface area contributed by atoms with E-state index in [0.29, 0.717) is 18.8 Å². The molecule has 5 heteroatoms. The van der Waals surface area contributed by atoms with Gasteiger partial charge in [0.05, 0.1) is 0 Å². The Bertz CT molecular complexity index is 524. The normalized spacial score (nSPS) is 10.7. The molecule has 1 aromatic heterocycles. The zero-order chi connectivity index (χ0) is 13.9. The lowest BCUT2D eigenvalue weighted by Gasteiger charge is -2.25. The topological polar surface area (TPSA) is 47.2 Å². The van der Waals surface area contributed by atoms with Gasteiger partial charge in [-0.1, -0.05) is 0 Å². The van der Waals surface area contributed by atoms with Crippen molar-refractivity contribution in [3.63, 3.8) is 0 Å². The highest BCUT2D eigenvalue weighted by atomic mass is 16.2. The molecule has 1 aromatic rings. The van der Waals surface area contributed by atoms with Gasteiger partial charge in [-0.05, 0) is 34.6 Å². The zero-order valence-corrected chi connectivity index (χ0v) is 12.0. The molecule has 0 fully saturated rings. The molecule has 102 valence electrons. The lowest BCUT2D eigenvalue weighted by molar-refractivity contribution is 0.570. The molecule has 0 saturated carbocycles. The smallest absolute Gasteiger partial charge is 0.331 e. The Balaban J connectivity index is 3.71. The van der Waals surface area contributed by atoms with E-state index in [1.807, 2.05) is 39.5 Å². The van der Waals surface area contributed by atoms with Gasteiger partial charge in [-0.25, -0.2) is 4.79 Å². The summed E-state index contributed by atoms with van der Waals surface area (Å²) < 4.78 is 2.97. The van der Waals surface area contributed by atoms with Crippen molar-refractivity contribution in [1.29, 1.82) is 0 Å². The minimum Gasteiger partial charge on any atom is -0.366 e. The third kappa shape index (κ3) is 2.21. The average Bonchev–Trinajstić information content (AvgIpc) is 2.35. The summed E-state index contributed by atoms with van der Waals surface area (Å²) in [6.45, 7) is 12.1. The first-order valence-electron chi connectivity index (χ1n) is 6.62. The van der Waals surface area contributed by atoms with Crippen molar-refractivity contribution in [2.75, 3.05) is 18.0 Å². The van der Waals surface area contributed by atoms with Crippen LogP contribution >= 0.6 is 0 Å². The molecule has 1 rings (SSSR count). The molecule has 0 aliphatic rings. The van der Waals surface area contributed by atoms with Crippen LogP contribution in [0.3, 0.4) is 0 Å². The van der Waals surface area contributed by atoms with Crippen LogP contribution in [0.4, 0.5) is 5.69 Å². The van der Waals surface area contributed by atoms with Gasteiger partial charge in [-0.3, -0.25) is 13.9 Å². The third-order valence-electron chi connectivity index (χ3n) is 3.37. The highest BCUT2D eigenvalue weighted by Crippen LogP contribution is 2.12. The van der Waals surface area contributed by atoms with E-state index in [4.69, 9.17) is 0 Å². The number of rotatable bonds is 5. The van der Waals surface area contributed by atoms with E-state index in [1.165, 1.54) is 4.57 Å². The molecule has 0 atom stereocenters. The van der Waals surface area contributed by atoms with Crippen LogP contribution in [0.5, 0.6) is 0 Å². The second-order valence-corrected chi connectivity index (χ2v) is 4.18. The number of nitrogens with zero attached hydrogens (tertiary/aromatic N) is 3. The van der Waals surface area contributed by atoms with Crippen LogP contribution in [0.15, 0.2) is 9.59 Å². The van der Waals surface area contributed by atoms with Gasteiger partial charge in [-0.15, -0.1) is 0 Å². The molecule has 0 aliphatic heterocycles. The quantitative estimate of drug-likeness (QED) is 0.792. The highest BCUT2D eigenvalue weighted by molar-refractivity contribution is 5.48. The molecule has 1 heterocycles. The first-order valence-corrected chi connectivity index (χ1v) is 6.62. The maximum absolute atomic E-state index is 12.4. The molecule has 5 nitrogen and oxygen atoms in total. The molecule has 0 unspecified atom stereocenters. The summed E-state index contributed by atoms with van der Waals surface area (Å²) in [5.41, 5.74) is 1.04. The molecule has 0 aromatic carbocycles. The number of aromatic nitrogens is 2.